The first-order chi connectivity index (χ1) is 14.8. The monoisotopic (exact) mass is 409 g/mol. The van der Waals surface area contributed by atoms with E-state index in [4.69, 9.17) is 1.37 Å². The van der Waals surface area contributed by atoms with Crippen LogP contribution >= 0.6 is 0 Å². The fourth-order valence-electron chi connectivity index (χ4n) is 3.34. The van der Waals surface area contributed by atoms with Crippen LogP contribution in [0.2, 0.25) is 0 Å². The topological polar surface area (TPSA) is 77.6 Å². The van der Waals surface area contributed by atoms with Gasteiger partial charge in [0.25, 0.3) is 0 Å². The minimum atomic E-state index is -4.91. The second kappa shape index (κ2) is 6.70. The number of hydrogen-bond donors (Lipinski definition) is 3. The van der Waals surface area contributed by atoms with Gasteiger partial charge in [0.05, 0.1) is 24.1 Å². The number of nitrogens with zero attached hydrogens (tertiary/aromatic N) is 2. The van der Waals surface area contributed by atoms with E-state index in [0.717, 1.165) is 11.2 Å². The molecule has 0 aromatic carbocycles. The van der Waals surface area contributed by atoms with E-state index < -0.39 is 23.9 Å². The molecule has 2 aliphatic heterocycles. The van der Waals surface area contributed by atoms with Crippen LogP contribution < -0.4 is 0 Å². The van der Waals surface area contributed by atoms with E-state index in [9.17, 15) is 18.3 Å². The highest BCUT2D eigenvalue weighted by Crippen LogP contribution is 2.35. The smallest absolute Gasteiger partial charge is 0.379 e. The predicted octanol–water partition coefficient (Wildman–Crippen LogP) is 5.25. The Morgan fingerprint density at radius 1 is 0.800 bits per heavy atom. The molecule has 5 heterocycles. The normalized spacial score (nSPS) is 14.7. The summed E-state index contributed by atoms with van der Waals surface area (Å²) < 4.78 is 48.2. The lowest BCUT2D eigenvalue weighted by atomic mass is 10.1. The average molecular weight is 409 g/mol. The van der Waals surface area contributed by atoms with Gasteiger partial charge in [-0.2, -0.15) is 13.2 Å². The molecule has 1 unspecified atom stereocenters. The summed E-state index contributed by atoms with van der Waals surface area (Å²) in [6, 6.07) is 9.62. The van der Waals surface area contributed by atoms with Crippen LogP contribution in [0.1, 0.15) is 35.8 Å². The molecular weight excluding hydrogens is 393 g/mol. The van der Waals surface area contributed by atoms with Crippen LogP contribution in [0.15, 0.2) is 42.4 Å². The number of alkyl halides is 3. The van der Waals surface area contributed by atoms with Crippen molar-refractivity contribution in [1.29, 1.82) is 0 Å². The number of hydrogen-bond acceptors (Lipinski definition) is 3. The maximum atomic E-state index is 13.3. The molecule has 150 valence electrons. The molecule has 0 saturated carbocycles. The van der Waals surface area contributed by atoms with E-state index in [1.54, 1.807) is 30.4 Å². The van der Waals surface area contributed by atoms with Crippen molar-refractivity contribution in [2.75, 3.05) is 0 Å². The van der Waals surface area contributed by atoms with Crippen molar-refractivity contribution in [3.8, 4) is 0 Å². The SMILES string of the molecule is [2H]c1c(C(O)C(F)(F)F)c2cc3nc(cc4nc(cc5ccc(cc1[nH]2)[nH]5)C=C4)C=C3. The Morgan fingerprint density at radius 2 is 1.37 bits per heavy atom. The molecule has 5 nitrogen and oxygen atoms in total. The molecule has 3 aromatic heterocycles. The summed E-state index contributed by atoms with van der Waals surface area (Å²) in [4.78, 5) is 14.9. The van der Waals surface area contributed by atoms with Gasteiger partial charge < -0.3 is 15.1 Å². The van der Waals surface area contributed by atoms with Gasteiger partial charge in [0.15, 0.2) is 6.10 Å². The maximum Gasteiger partial charge on any atom is 0.418 e. The van der Waals surface area contributed by atoms with Gasteiger partial charge in [-0.05, 0) is 66.7 Å². The zero-order valence-electron chi connectivity index (χ0n) is 16.3. The molecule has 8 bridgehead atoms. The van der Waals surface area contributed by atoms with Crippen molar-refractivity contribution in [1.82, 2.24) is 19.9 Å². The van der Waals surface area contributed by atoms with Gasteiger partial charge in [-0.15, -0.1) is 0 Å². The quantitative estimate of drug-likeness (QED) is 0.354. The molecule has 2 aliphatic rings. The molecule has 3 aromatic rings. The van der Waals surface area contributed by atoms with Gasteiger partial charge >= 0.3 is 6.18 Å². The molecular formula is C22H15F3N4O. The Kier molecular flexibility index (Phi) is 3.85. The van der Waals surface area contributed by atoms with E-state index in [1.165, 1.54) is 12.1 Å². The summed E-state index contributed by atoms with van der Waals surface area (Å²) in [5.41, 5.74) is 3.32. The van der Waals surface area contributed by atoms with Crippen molar-refractivity contribution in [2.45, 2.75) is 12.3 Å². The van der Waals surface area contributed by atoms with Crippen molar-refractivity contribution < 1.29 is 19.6 Å². The summed E-state index contributed by atoms with van der Waals surface area (Å²) in [6.45, 7) is 0. The Labute approximate surface area is 169 Å². The molecule has 30 heavy (non-hydrogen) atoms. The Hall–Kier alpha value is -3.65. The van der Waals surface area contributed by atoms with Crippen LogP contribution in [0.3, 0.4) is 0 Å². The predicted molar refractivity (Wildman–Crippen MR) is 110 cm³/mol. The first-order valence-electron chi connectivity index (χ1n) is 9.59. The van der Waals surface area contributed by atoms with Gasteiger partial charge in [-0.3, -0.25) is 0 Å². The fraction of sp³-hybridized carbons (Fsp3) is 0.0909. The van der Waals surface area contributed by atoms with Gasteiger partial charge in [-0.1, -0.05) is 0 Å². The molecule has 5 rings (SSSR count). The van der Waals surface area contributed by atoms with Crippen LogP contribution in [-0.4, -0.2) is 31.2 Å². The van der Waals surface area contributed by atoms with E-state index in [0.29, 0.717) is 22.6 Å². The van der Waals surface area contributed by atoms with Crippen molar-refractivity contribution in [3.05, 3.63) is 70.8 Å². The molecule has 0 radical (unpaired) electrons. The Morgan fingerprint density at radius 3 is 2.00 bits per heavy atom. The summed E-state index contributed by atoms with van der Waals surface area (Å²) in [5.74, 6) is 0. The number of aromatic nitrogens is 4. The van der Waals surface area contributed by atoms with E-state index in [-0.39, 0.29) is 11.0 Å². The van der Waals surface area contributed by atoms with Crippen LogP contribution in [0, 0.1) is 0 Å². The van der Waals surface area contributed by atoms with Gasteiger partial charge in [0.2, 0.25) is 0 Å². The molecule has 0 amide bonds. The highest BCUT2D eigenvalue weighted by atomic mass is 19.4. The molecule has 0 saturated heterocycles. The van der Waals surface area contributed by atoms with E-state index in [2.05, 4.69) is 19.9 Å². The van der Waals surface area contributed by atoms with Gasteiger partial charge in [0.1, 0.15) is 0 Å². The average Bonchev–Trinajstić information content (AvgIpc) is 3.46. The highest BCUT2D eigenvalue weighted by Gasteiger charge is 2.40. The highest BCUT2D eigenvalue weighted by molar-refractivity contribution is 5.78. The fourth-order valence-corrected chi connectivity index (χ4v) is 3.34. The third-order valence-electron chi connectivity index (χ3n) is 4.70. The van der Waals surface area contributed by atoms with Crippen LogP contribution in [-0.2, 0) is 0 Å². The number of fused-ring (bicyclic) bond motifs is 8. The first-order valence-corrected chi connectivity index (χ1v) is 9.09. The van der Waals surface area contributed by atoms with Crippen molar-refractivity contribution in [3.63, 3.8) is 0 Å². The largest absolute Gasteiger partial charge is 0.418 e. The van der Waals surface area contributed by atoms with Crippen LogP contribution in [0.4, 0.5) is 13.2 Å². The minimum Gasteiger partial charge on any atom is -0.379 e. The lowest BCUT2D eigenvalue weighted by molar-refractivity contribution is -0.206. The summed E-state index contributed by atoms with van der Waals surface area (Å²) in [6.07, 6.45) is -0.631. The lowest BCUT2D eigenvalue weighted by Gasteiger charge is -2.13. The number of nitrogens with one attached hydrogen (secondary N) is 2. The number of aliphatic hydroxyl groups excluding tert-OH is 1. The third kappa shape index (κ3) is 3.53. The van der Waals surface area contributed by atoms with Crippen molar-refractivity contribution >= 4 is 46.4 Å². The zero-order valence-corrected chi connectivity index (χ0v) is 15.3. The molecule has 0 aliphatic carbocycles. The molecule has 1 atom stereocenters. The number of rotatable bonds is 1. The minimum absolute atomic E-state index is 0.0233. The van der Waals surface area contributed by atoms with E-state index in [1.807, 2.05) is 18.2 Å². The molecule has 8 heteroatoms. The zero-order chi connectivity index (χ0) is 21.8. The number of H-pyrrole nitrogens is 2. The number of halogens is 3. The van der Waals surface area contributed by atoms with Crippen LogP contribution in [0.25, 0.3) is 46.4 Å². The summed E-state index contributed by atoms with van der Waals surface area (Å²) >= 11 is 0. The van der Waals surface area contributed by atoms with E-state index >= 15 is 0 Å². The number of aromatic amines is 2. The standard InChI is InChI=1S/C22H15F3N4O/c23-22(24,25)21(30)19-10-18-9-16-4-3-14(27-16)7-12-1-2-13(26-12)8-15-5-6-17(28-15)11-20(19)29-18/h1-11,21,27,29-30H/i10D. The molecule has 3 N–H and O–H groups in total. The Balaban J connectivity index is 1.87. The third-order valence-corrected chi connectivity index (χ3v) is 4.70. The maximum absolute atomic E-state index is 13.3. The second-order valence-corrected chi connectivity index (χ2v) is 6.97. The molecule has 0 fully saturated rings. The van der Waals surface area contributed by atoms with Crippen molar-refractivity contribution in [2.24, 2.45) is 0 Å². The summed E-state index contributed by atoms with van der Waals surface area (Å²) in [5, 5.41) is 9.92. The number of aliphatic hydroxyl groups is 1. The molecule has 0 spiro atoms. The van der Waals surface area contributed by atoms with Crippen LogP contribution in [0.5, 0.6) is 0 Å². The summed E-state index contributed by atoms with van der Waals surface area (Å²) in [7, 11) is 0. The first kappa shape index (κ1) is 17.2. The lowest BCUT2D eigenvalue weighted by Crippen LogP contribution is -2.19. The second-order valence-electron chi connectivity index (χ2n) is 6.97. The van der Waals surface area contributed by atoms with Gasteiger partial charge in [-0.25, -0.2) is 9.97 Å². The van der Waals surface area contributed by atoms with Gasteiger partial charge in [0, 0.05) is 27.6 Å². The Bertz CT molecular complexity index is 1420.